The highest BCUT2D eigenvalue weighted by Crippen LogP contribution is 2.27. The second kappa shape index (κ2) is 7.98. The summed E-state index contributed by atoms with van der Waals surface area (Å²) in [4.78, 5) is 12.7. The Kier molecular flexibility index (Phi) is 5.67. The highest BCUT2D eigenvalue weighted by atomic mass is 32.2. The fraction of sp³-hybridized carbons (Fsp3) is 0.316. The van der Waals surface area contributed by atoms with Crippen LogP contribution in [-0.2, 0) is 14.8 Å². The first-order chi connectivity index (χ1) is 12.9. The number of nitrogens with one attached hydrogen (secondary N) is 1. The number of ether oxygens (including phenoxy) is 1. The summed E-state index contributed by atoms with van der Waals surface area (Å²) in [5.74, 6) is -0.227. The average Bonchev–Trinajstić information content (AvgIpc) is 2.70. The van der Waals surface area contributed by atoms with E-state index in [9.17, 15) is 18.3 Å². The normalized spacial score (nSPS) is 18.0. The van der Waals surface area contributed by atoms with Crippen molar-refractivity contribution in [3.63, 3.8) is 0 Å². The lowest BCUT2D eigenvalue weighted by Crippen LogP contribution is -2.43. The maximum absolute atomic E-state index is 12.9. The number of carbonyl (C=O) groups is 1. The zero-order valence-corrected chi connectivity index (χ0v) is 15.8. The molecule has 3 rings (SSSR count). The standard InChI is InChI=1S/C19H22N2O5S/c1-26-15-8-10-16(11-9-15)27(24,25)21-12-4-5-14(13-21)19(23)20-17-6-2-3-7-18(17)22/h2-3,6-11,14,22H,4-5,12-13H2,1H3,(H,20,23)/t14-/m0/s1. The van der Waals surface area contributed by atoms with Gasteiger partial charge in [-0.25, -0.2) is 8.42 Å². The maximum atomic E-state index is 12.9. The van der Waals surface area contributed by atoms with Gasteiger partial charge in [-0.1, -0.05) is 12.1 Å². The van der Waals surface area contributed by atoms with Gasteiger partial charge < -0.3 is 15.2 Å². The van der Waals surface area contributed by atoms with E-state index >= 15 is 0 Å². The number of aromatic hydroxyl groups is 1. The number of para-hydroxylation sites is 2. The van der Waals surface area contributed by atoms with Crippen LogP contribution in [0, 0.1) is 5.92 Å². The summed E-state index contributed by atoms with van der Waals surface area (Å²) >= 11 is 0. The molecule has 1 atom stereocenters. The van der Waals surface area contributed by atoms with Crippen LogP contribution in [0.25, 0.3) is 0 Å². The van der Waals surface area contributed by atoms with Crippen molar-refractivity contribution in [3.05, 3.63) is 48.5 Å². The molecule has 1 amide bonds. The summed E-state index contributed by atoms with van der Waals surface area (Å²) in [6, 6.07) is 12.6. The molecule has 2 aromatic carbocycles. The van der Waals surface area contributed by atoms with Gasteiger partial charge in [0.1, 0.15) is 11.5 Å². The van der Waals surface area contributed by atoms with E-state index in [-0.39, 0.29) is 23.1 Å². The Balaban J connectivity index is 1.72. The van der Waals surface area contributed by atoms with Crippen molar-refractivity contribution in [2.75, 3.05) is 25.5 Å². The van der Waals surface area contributed by atoms with Crippen molar-refractivity contribution in [1.29, 1.82) is 0 Å². The number of hydrogen-bond acceptors (Lipinski definition) is 5. The number of phenols is 1. The van der Waals surface area contributed by atoms with Gasteiger partial charge in [0, 0.05) is 13.1 Å². The summed E-state index contributed by atoms with van der Waals surface area (Å²) in [6.45, 7) is 0.475. The summed E-state index contributed by atoms with van der Waals surface area (Å²) in [7, 11) is -2.17. The number of nitrogens with zero attached hydrogens (tertiary/aromatic N) is 1. The van der Waals surface area contributed by atoms with Crippen LogP contribution >= 0.6 is 0 Å². The van der Waals surface area contributed by atoms with E-state index in [1.54, 1.807) is 30.3 Å². The number of anilines is 1. The van der Waals surface area contributed by atoms with Crippen LogP contribution in [0.15, 0.2) is 53.4 Å². The van der Waals surface area contributed by atoms with E-state index in [1.165, 1.54) is 29.6 Å². The van der Waals surface area contributed by atoms with E-state index in [4.69, 9.17) is 4.74 Å². The molecule has 0 spiro atoms. The molecule has 2 N–H and O–H groups in total. The first-order valence-corrected chi connectivity index (χ1v) is 10.1. The molecule has 1 aliphatic rings. The first kappa shape index (κ1) is 19.2. The van der Waals surface area contributed by atoms with Crippen LogP contribution in [0.4, 0.5) is 5.69 Å². The SMILES string of the molecule is COc1ccc(S(=O)(=O)N2CCC[C@H](C(=O)Nc3ccccc3O)C2)cc1. The fourth-order valence-electron chi connectivity index (χ4n) is 3.09. The highest BCUT2D eigenvalue weighted by Gasteiger charge is 2.33. The lowest BCUT2D eigenvalue weighted by molar-refractivity contribution is -0.120. The minimum Gasteiger partial charge on any atom is -0.506 e. The molecule has 0 unspecified atom stereocenters. The largest absolute Gasteiger partial charge is 0.506 e. The summed E-state index contributed by atoms with van der Waals surface area (Å²) in [6.07, 6.45) is 1.18. The molecule has 0 saturated carbocycles. The molecule has 27 heavy (non-hydrogen) atoms. The number of piperidine rings is 1. The molecule has 7 nitrogen and oxygen atoms in total. The monoisotopic (exact) mass is 390 g/mol. The van der Waals surface area contributed by atoms with E-state index in [2.05, 4.69) is 5.32 Å². The molecular weight excluding hydrogens is 368 g/mol. The second-order valence-corrected chi connectivity index (χ2v) is 8.32. The Bertz CT molecular complexity index is 912. The van der Waals surface area contributed by atoms with Gasteiger partial charge in [0.05, 0.1) is 23.6 Å². The van der Waals surface area contributed by atoms with E-state index in [0.717, 1.165) is 0 Å². The van der Waals surface area contributed by atoms with Crippen LogP contribution in [0.3, 0.4) is 0 Å². The van der Waals surface area contributed by atoms with Crippen molar-refractivity contribution in [3.8, 4) is 11.5 Å². The highest BCUT2D eigenvalue weighted by molar-refractivity contribution is 7.89. The van der Waals surface area contributed by atoms with E-state index < -0.39 is 15.9 Å². The zero-order valence-electron chi connectivity index (χ0n) is 15.0. The summed E-state index contributed by atoms with van der Waals surface area (Å²) in [5.41, 5.74) is 0.317. The number of hydrogen-bond donors (Lipinski definition) is 2. The molecule has 144 valence electrons. The smallest absolute Gasteiger partial charge is 0.243 e. The van der Waals surface area contributed by atoms with Crippen LogP contribution in [0.1, 0.15) is 12.8 Å². The van der Waals surface area contributed by atoms with Crippen LogP contribution in [0.5, 0.6) is 11.5 Å². The summed E-state index contributed by atoms with van der Waals surface area (Å²) in [5, 5.41) is 12.5. The lowest BCUT2D eigenvalue weighted by atomic mass is 9.98. The van der Waals surface area contributed by atoms with Crippen LogP contribution in [-0.4, -0.2) is 43.9 Å². The van der Waals surface area contributed by atoms with Crippen molar-refractivity contribution >= 4 is 21.6 Å². The Morgan fingerprint density at radius 1 is 1.19 bits per heavy atom. The van der Waals surface area contributed by atoms with Crippen molar-refractivity contribution in [2.24, 2.45) is 5.92 Å². The molecule has 1 aliphatic heterocycles. The van der Waals surface area contributed by atoms with Crippen molar-refractivity contribution in [1.82, 2.24) is 4.31 Å². The second-order valence-electron chi connectivity index (χ2n) is 6.38. The topological polar surface area (TPSA) is 95.9 Å². The molecule has 1 saturated heterocycles. The predicted octanol–water partition coefficient (Wildman–Crippen LogP) is 2.44. The minimum atomic E-state index is -3.69. The number of rotatable bonds is 5. The van der Waals surface area contributed by atoms with Gasteiger partial charge in [0.25, 0.3) is 0 Å². The van der Waals surface area contributed by atoms with Crippen LogP contribution in [0.2, 0.25) is 0 Å². The third-order valence-electron chi connectivity index (χ3n) is 4.61. The minimum absolute atomic E-state index is 0.0237. The van der Waals surface area contributed by atoms with Crippen molar-refractivity contribution < 1.29 is 23.1 Å². The molecule has 2 aromatic rings. The fourth-order valence-corrected chi connectivity index (χ4v) is 4.61. The van der Waals surface area contributed by atoms with Crippen LogP contribution < -0.4 is 10.1 Å². The van der Waals surface area contributed by atoms with Gasteiger partial charge in [-0.15, -0.1) is 0 Å². The number of methoxy groups -OCH3 is 1. The molecule has 0 bridgehead atoms. The Morgan fingerprint density at radius 2 is 1.89 bits per heavy atom. The predicted molar refractivity (Wildman–Crippen MR) is 101 cm³/mol. The first-order valence-electron chi connectivity index (χ1n) is 8.65. The third kappa shape index (κ3) is 4.23. The van der Waals surface area contributed by atoms with Gasteiger partial charge in [-0.3, -0.25) is 4.79 Å². The molecule has 1 fully saturated rings. The van der Waals surface area contributed by atoms with Gasteiger partial charge in [-0.05, 0) is 49.2 Å². The number of amides is 1. The van der Waals surface area contributed by atoms with Gasteiger partial charge in [0.2, 0.25) is 15.9 Å². The molecule has 0 aliphatic carbocycles. The quantitative estimate of drug-likeness (QED) is 0.765. The molecule has 0 aromatic heterocycles. The number of phenolic OH excluding ortho intramolecular Hbond substituents is 1. The Labute approximate surface area is 158 Å². The lowest BCUT2D eigenvalue weighted by Gasteiger charge is -2.31. The molecule has 0 radical (unpaired) electrons. The Morgan fingerprint density at radius 3 is 2.56 bits per heavy atom. The maximum Gasteiger partial charge on any atom is 0.243 e. The summed E-state index contributed by atoms with van der Waals surface area (Å²) < 4.78 is 32.2. The number of carbonyl (C=O) groups excluding carboxylic acids is 1. The van der Waals surface area contributed by atoms with Gasteiger partial charge in [-0.2, -0.15) is 4.31 Å². The molecule has 1 heterocycles. The third-order valence-corrected chi connectivity index (χ3v) is 6.49. The van der Waals surface area contributed by atoms with Crippen molar-refractivity contribution in [2.45, 2.75) is 17.7 Å². The average molecular weight is 390 g/mol. The molecular formula is C19H22N2O5S. The number of sulfonamides is 1. The Hall–Kier alpha value is -2.58. The van der Waals surface area contributed by atoms with E-state index in [1.807, 2.05) is 0 Å². The molecule has 8 heteroatoms. The van der Waals surface area contributed by atoms with E-state index in [0.29, 0.717) is 30.8 Å². The number of benzene rings is 2. The van der Waals surface area contributed by atoms with Gasteiger partial charge in [0.15, 0.2) is 0 Å². The zero-order chi connectivity index (χ0) is 19.4. The van der Waals surface area contributed by atoms with Gasteiger partial charge >= 0.3 is 0 Å².